The van der Waals surface area contributed by atoms with Gasteiger partial charge in [-0.2, -0.15) is 0 Å². The van der Waals surface area contributed by atoms with Gasteiger partial charge in [0.25, 0.3) is 0 Å². The highest BCUT2D eigenvalue weighted by Crippen LogP contribution is 2.41. The summed E-state index contributed by atoms with van der Waals surface area (Å²) in [5.74, 6) is 0. The molecule has 33 heavy (non-hydrogen) atoms. The molecule has 0 amide bonds. The number of allylic oxidation sites excluding steroid dienone is 4. The Kier molecular flexibility index (Phi) is 6.75. The van der Waals surface area contributed by atoms with Crippen molar-refractivity contribution in [1.29, 1.82) is 0 Å². The molecule has 0 heterocycles. The van der Waals surface area contributed by atoms with Gasteiger partial charge in [0.1, 0.15) is 0 Å². The third kappa shape index (κ3) is 4.10. The van der Waals surface area contributed by atoms with E-state index in [0.29, 0.717) is 0 Å². The monoisotopic (exact) mass is 428 g/mol. The second-order valence-electron chi connectivity index (χ2n) is 8.15. The largest absolute Gasteiger partial charge is 0.0871 e. The van der Waals surface area contributed by atoms with Crippen LogP contribution in [-0.4, -0.2) is 0 Å². The van der Waals surface area contributed by atoms with E-state index in [4.69, 9.17) is 0 Å². The van der Waals surface area contributed by atoms with E-state index in [1.165, 1.54) is 60.1 Å². The first kappa shape index (κ1) is 22.6. The summed E-state index contributed by atoms with van der Waals surface area (Å²) in [6.45, 7) is 10.4. The lowest BCUT2D eigenvalue weighted by molar-refractivity contribution is 1.50. The van der Waals surface area contributed by atoms with Crippen molar-refractivity contribution in [2.45, 2.75) is 34.6 Å². The maximum absolute atomic E-state index is 2.39. The molecule has 0 nitrogen and oxygen atoms in total. The summed E-state index contributed by atoms with van der Waals surface area (Å²) < 4.78 is 0. The zero-order chi connectivity index (χ0) is 23.4. The lowest BCUT2D eigenvalue weighted by Crippen LogP contribution is -1.91. The van der Waals surface area contributed by atoms with Crippen LogP contribution in [0.5, 0.6) is 0 Å². The molecule has 0 radical (unpaired) electrons. The van der Waals surface area contributed by atoms with Gasteiger partial charge in [0.05, 0.1) is 0 Å². The van der Waals surface area contributed by atoms with Crippen molar-refractivity contribution >= 4 is 37.9 Å². The first-order chi connectivity index (χ1) is 16.2. The molecule has 0 aliphatic rings. The van der Waals surface area contributed by atoms with E-state index in [2.05, 4.69) is 124 Å². The van der Waals surface area contributed by atoms with E-state index in [9.17, 15) is 0 Å². The number of fused-ring (bicyclic) bond motifs is 5. The number of rotatable bonds is 3. The second kappa shape index (κ2) is 9.88. The van der Waals surface area contributed by atoms with Crippen LogP contribution in [-0.2, 0) is 0 Å². The van der Waals surface area contributed by atoms with Crippen molar-refractivity contribution in [3.05, 3.63) is 114 Å². The molecule has 0 spiro atoms. The summed E-state index contributed by atoms with van der Waals surface area (Å²) in [6, 6.07) is 31.2. The first-order valence-electron chi connectivity index (χ1n) is 11.9. The van der Waals surface area contributed by atoms with Crippen LogP contribution in [0.15, 0.2) is 103 Å². The second-order valence-corrected chi connectivity index (χ2v) is 8.15. The first-order valence-corrected chi connectivity index (χ1v) is 11.9. The van der Waals surface area contributed by atoms with E-state index in [1.54, 1.807) is 0 Å². The van der Waals surface area contributed by atoms with Gasteiger partial charge in [0.15, 0.2) is 0 Å². The Bertz CT molecular complexity index is 1480. The molecule has 0 bridgehead atoms. The topological polar surface area (TPSA) is 0 Å². The van der Waals surface area contributed by atoms with Crippen LogP contribution >= 0.6 is 0 Å². The average Bonchev–Trinajstić information content (AvgIpc) is 2.88. The Morgan fingerprint density at radius 3 is 1.94 bits per heavy atom. The van der Waals surface area contributed by atoms with Crippen molar-refractivity contribution < 1.29 is 0 Å². The highest BCUT2D eigenvalue weighted by molar-refractivity contribution is 6.23. The Morgan fingerprint density at radius 1 is 0.606 bits per heavy atom. The molecule has 0 aliphatic carbocycles. The van der Waals surface area contributed by atoms with Gasteiger partial charge in [-0.25, -0.2) is 0 Å². The number of hydrogen-bond acceptors (Lipinski definition) is 0. The fourth-order valence-electron chi connectivity index (χ4n) is 4.73. The summed E-state index contributed by atoms with van der Waals surface area (Å²) in [4.78, 5) is 0. The minimum absolute atomic E-state index is 1.26. The molecule has 0 fully saturated rings. The lowest BCUT2D eigenvalue weighted by atomic mass is 9.87. The van der Waals surface area contributed by atoms with Gasteiger partial charge in [-0.05, 0) is 87.5 Å². The van der Waals surface area contributed by atoms with Gasteiger partial charge >= 0.3 is 0 Å². The molecule has 0 heteroatoms. The molecule has 0 saturated carbocycles. The summed E-state index contributed by atoms with van der Waals surface area (Å²) in [5.41, 5.74) is 6.39. The van der Waals surface area contributed by atoms with Crippen LogP contribution in [0, 0.1) is 6.92 Å². The molecule has 164 valence electrons. The molecule has 5 aromatic rings. The third-order valence-corrected chi connectivity index (χ3v) is 6.18. The van der Waals surface area contributed by atoms with Gasteiger partial charge in [0.2, 0.25) is 0 Å². The Balaban J connectivity index is 0.00000126. The highest BCUT2D eigenvalue weighted by Gasteiger charge is 2.14. The summed E-state index contributed by atoms with van der Waals surface area (Å²) in [7, 11) is 0. The molecule has 0 N–H and O–H groups in total. The van der Waals surface area contributed by atoms with Crippen molar-refractivity contribution in [2.75, 3.05) is 0 Å². The van der Waals surface area contributed by atoms with Gasteiger partial charge in [-0.3, -0.25) is 0 Å². The van der Waals surface area contributed by atoms with E-state index < -0.39 is 0 Å². The molecule has 0 saturated heterocycles. The zero-order valence-corrected chi connectivity index (χ0v) is 20.3. The standard InChI is InChI=1S/C31H26.C2H6/c1-4-11-22(5-2)27-19-30-25-15-10-9-14-24(25)28(23-12-7-6-8-13-23)20-31(30)29-18-21(3)16-17-26(27)29;1-2/h4-20H,1-3H3;1-2H3/b11-4-,22-5+;. The molecule has 5 aromatic carbocycles. The van der Waals surface area contributed by atoms with Gasteiger partial charge < -0.3 is 0 Å². The van der Waals surface area contributed by atoms with Gasteiger partial charge in [-0.15, -0.1) is 0 Å². The van der Waals surface area contributed by atoms with Crippen LogP contribution < -0.4 is 0 Å². The summed E-state index contributed by atoms with van der Waals surface area (Å²) >= 11 is 0. The predicted octanol–water partition coefficient (Wildman–Crippen LogP) is 10.1. The van der Waals surface area contributed by atoms with Crippen LogP contribution in [0.1, 0.15) is 38.8 Å². The van der Waals surface area contributed by atoms with E-state index in [-0.39, 0.29) is 0 Å². The minimum atomic E-state index is 1.26. The molecular weight excluding hydrogens is 396 g/mol. The zero-order valence-electron chi connectivity index (χ0n) is 20.3. The van der Waals surface area contributed by atoms with Crippen molar-refractivity contribution in [3.8, 4) is 11.1 Å². The molecule has 0 unspecified atom stereocenters. The van der Waals surface area contributed by atoms with E-state index in [1.807, 2.05) is 13.8 Å². The average molecular weight is 429 g/mol. The lowest BCUT2D eigenvalue weighted by Gasteiger charge is -2.16. The smallest absolute Gasteiger partial charge is 0.00922 e. The van der Waals surface area contributed by atoms with Gasteiger partial charge in [-0.1, -0.05) is 110 Å². The van der Waals surface area contributed by atoms with Crippen LogP contribution in [0.2, 0.25) is 0 Å². The Morgan fingerprint density at radius 2 is 1.24 bits per heavy atom. The fourth-order valence-corrected chi connectivity index (χ4v) is 4.73. The Labute approximate surface area is 197 Å². The summed E-state index contributed by atoms with van der Waals surface area (Å²) in [5, 5.41) is 7.85. The van der Waals surface area contributed by atoms with Crippen LogP contribution in [0.3, 0.4) is 0 Å². The third-order valence-electron chi connectivity index (χ3n) is 6.18. The minimum Gasteiger partial charge on any atom is -0.0871 e. The molecule has 5 rings (SSSR count). The summed E-state index contributed by atoms with van der Waals surface area (Å²) in [6.07, 6.45) is 6.54. The Hall–Kier alpha value is -3.64. The fraction of sp³-hybridized carbons (Fsp3) is 0.152. The molecule has 0 atom stereocenters. The maximum atomic E-state index is 2.39. The van der Waals surface area contributed by atoms with Crippen molar-refractivity contribution in [3.63, 3.8) is 0 Å². The van der Waals surface area contributed by atoms with E-state index >= 15 is 0 Å². The van der Waals surface area contributed by atoms with E-state index in [0.717, 1.165) is 0 Å². The number of aryl methyl sites for hydroxylation is 1. The molecule has 0 aliphatic heterocycles. The predicted molar refractivity (Wildman–Crippen MR) is 149 cm³/mol. The van der Waals surface area contributed by atoms with Crippen molar-refractivity contribution in [1.82, 2.24) is 0 Å². The molecular formula is C33H32. The number of hydrogen-bond donors (Lipinski definition) is 0. The number of benzene rings is 5. The SMILES string of the molecule is C/C=C\C(=C/C)c1cc2c3ccccc3c(-c3ccccc3)cc2c2cc(C)ccc12.CC. The van der Waals surface area contributed by atoms with Crippen LogP contribution in [0.25, 0.3) is 49.0 Å². The van der Waals surface area contributed by atoms with Gasteiger partial charge in [0, 0.05) is 0 Å². The maximum Gasteiger partial charge on any atom is -0.00922 e. The quantitative estimate of drug-likeness (QED) is 0.198. The normalized spacial score (nSPS) is 11.8. The molecule has 0 aromatic heterocycles. The van der Waals surface area contributed by atoms with Crippen LogP contribution in [0.4, 0.5) is 0 Å². The highest BCUT2D eigenvalue weighted by atomic mass is 14.2. The van der Waals surface area contributed by atoms with Crippen molar-refractivity contribution in [2.24, 2.45) is 0 Å².